The molecule has 0 aliphatic carbocycles. The maximum Gasteiger partial charge on any atom is 0.302 e. The van der Waals surface area contributed by atoms with Crippen LogP contribution < -0.4 is 0 Å². The van der Waals surface area contributed by atoms with Crippen LogP contribution in [0.25, 0.3) is 0 Å². The first-order valence-corrected chi connectivity index (χ1v) is 3.81. The maximum atomic E-state index is 9.59. The molecule has 0 spiro atoms. The number of rotatable bonds is 0. The van der Waals surface area contributed by atoms with Crippen molar-refractivity contribution in [1.29, 1.82) is 0 Å². The average molecular weight is 198 g/mol. The minimum absolute atomic E-state index is 0.245. The zero-order chi connectivity index (χ0) is 11.7. The standard InChI is InChI=1S/C3H6O2.2C2H6O.CH4O/c1-3(4)5-2;2*1-2-3;1-2/h1-2H3;2*3H,2H2,1H3;2H,1H3. The smallest absolute Gasteiger partial charge is 0.302 e. The Balaban J connectivity index is -0.0000000446. The van der Waals surface area contributed by atoms with Crippen molar-refractivity contribution in [3.05, 3.63) is 0 Å². The second-order valence-electron chi connectivity index (χ2n) is 1.33. The summed E-state index contributed by atoms with van der Waals surface area (Å²) in [7, 11) is 2.35. The van der Waals surface area contributed by atoms with E-state index in [9.17, 15) is 4.79 Å². The van der Waals surface area contributed by atoms with Crippen LogP contribution in [0.5, 0.6) is 0 Å². The zero-order valence-electron chi connectivity index (χ0n) is 9.07. The molecule has 13 heavy (non-hydrogen) atoms. The third-order valence-electron chi connectivity index (χ3n) is 0.287. The highest BCUT2D eigenvalue weighted by Crippen LogP contribution is 1.60. The lowest BCUT2D eigenvalue weighted by molar-refractivity contribution is -0.137. The van der Waals surface area contributed by atoms with Gasteiger partial charge in [-0.05, 0) is 13.8 Å². The summed E-state index contributed by atoms with van der Waals surface area (Å²) in [6, 6.07) is 0. The van der Waals surface area contributed by atoms with E-state index in [2.05, 4.69) is 4.74 Å². The van der Waals surface area contributed by atoms with Gasteiger partial charge in [-0.25, -0.2) is 0 Å². The van der Waals surface area contributed by atoms with Crippen molar-refractivity contribution in [3.63, 3.8) is 0 Å². The molecule has 0 atom stereocenters. The number of ether oxygens (including phenoxy) is 1. The Morgan fingerprint density at radius 1 is 1.15 bits per heavy atom. The van der Waals surface area contributed by atoms with E-state index >= 15 is 0 Å². The van der Waals surface area contributed by atoms with Crippen molar-refractivity contribution in [2.75, 3.05) is 27.4 Å². The van der Waals surface area contributed by atoms with Crippen molar-refractivity contribution >= 4 is 5.97 Å². The first kappa shape index (κ1) is 22.8. The Bertz CT molecular complexity index is 63.6. The summed E-state index contributed by atoms with van der Waals surface area (Å²) in [6.07, 6.45) is 0. The van der Waals surface area contributed by atoms with Gasteiger partial charge < -0.3 is 20.1 Å². The molecule has 0 bridgehead atoms. The number of aliphatic hydroxyl groups is 3. The van der Waals surface area contributed by atoms with Crippen LogP contribution in [0.3, 0.4) is 0 Å². The summed E-state index contributed by atoms with van der Waals surface area (Å²) in [4.78, 5) is 9.59. The predicted octanol–water partition coefficient (Wildman–Crippen LogP) is -0.215. The van der Waals surface area contributed by atoms with Gasteiger partial charge in [0.2, 0.25) is 0 Å². The van der Waals surface area contributed by atoms with Crippen LogP contribution in [-0.2, 0) is 9.53 Å². The second kappa shape index (κ2) is 42.5. The number of methoxy groups -OCH3 is 1. The number of carbonyl (C=O) groups excluding carboxylic acids is 1. The van der Waals surface area contributed by atoms with E-state index in [0.29, 0.717) is 0 Å². The average Bonchev–Trinajstić information content (AvgIpc) is 2.11. The van der Waals surface area contributed by atoms with Crippen molar-refractivity contribution in [3.8, 4) is 0 Å². The molecular formula is C8H22O5. The van der Waals surface area contributed by atoms with Crippen LogP contribution in [0.4, 0.5) is 0 Å². The third kappa shape index (κ3) is 544. The highest BCUT2D eigenvalue weighted by molar-refractivity contribution is 5.65. The summed E-state index contributed by atoms with van der Waals surface area (Å²) >= 11 is 0. The lowest BCUT2D eigenvalue weighted by Crippen LogP contribution is -1.88. The van der Waals surface area contributed by atoms with Gasteiger partial charge >= 0.3 is 5.97 Å². The molecule has 84 valence electrons. The van der Waals surface area contributed by atoms with Crippen LogP contribution in [0, 0.1) is 0 Å². The molecule has 0 aromatic rings. The van der Waals surface area contributed by atoms with Gasteiger partial charge in [0.05, 0.1) is 7.11 Å². The minimum atomic E-state index is -0.245. The van der Waals surface area contributed by atoms with E-state index in [-0.39, 0.29) is 19.2 Å². The minimum Gasteiger partial charge on any atom is -0.469 e. The van der Waals surface area contributed by atoms with Gasteiger partial charge in [0, 0.05) is 27.2 Å². The van der Waals surface area contributed by atoms with Gasteiger partial charge in [-0.1, -0.05) is 0 Å². The van der Waals surface area contributed by atoms with Crippen molar-refractivity contribution in [2.24, 2.45) is 0 Å². The molecule has 0 fully saturated rings. The van der Waals surface area contributed by atoms with Crippen molar-refractivity contribution < 1.29 is 24.9 Å². The third-order valence-corrected chi connectivity index (χ3v) is 0.287. The normalized spacial score (nSPS) is 5.85. The molecule has 3 N–H and O–H groups in total. The molecule has 0 saturated heterocycles. The van der Waals surface area contributed by atoms with Crippen LogP contribution in [0.1, 0.15) is 20.8 Å². The molecular weight excluding hydrogens is 176 g/mol. The van der Waals surface area contributed by atoms with Gasteiger partial charge in [0.1, 0.15) is 0 Å². The van der Waals surface area contributed by atoms with Gasteiger partial charge in [0.15, 0.2) is 0 Å². The largest absolute Gasteiger partial charge is 0.469 e. The van der Waals surface area contributed by atoms with Gasteiger partial charge in [-0.2, -0.15) is 0 Å². The molecule has 0 rings (SSSR count). The predicted molar refractivity (Wildman–Crippen MR) is 51.4 cm³/mol. The Hall–Kier alpha value is -0.650. The van der Waals surface area contributed by atoms with Crippen molar-refractivity contribution in [1.82, 2.24) is 0 Å². The number of esters is 1. The van der Waals surface area contributed by atoms with E-state index in [0.717, 1.165) is 7.11 Å². The first-order chi connectivity index (χ1) is 6.10. The van der Waals surface area contributed by atoms with Crippen LogP contribution >= 0.6 is 0 Å². The van der Waals surface area contributed by atoms with Crippen LogP contribution in [0.2, 0.25) is 0 Å². The fourth-order valence-corrected chi connectivity index (χ4v) is 0. The Morgan fingerprint density at radius 3 is 1.23 bits per heavy atom. The molecule has 0 radical (unpaired) electrons. The molecule has 0 aliphatic heterocycles. The highest BCUT2D eigenvalue weighted by Gasteiger charge is 1.75. The highest BCUT2D eigenvalue weighted by atomic mass is 16.5. The molecule has 0 aliphatic rings. The van der Waals surface area contributed by atoms with Gasteiger partial charge in [-0.15, -0.1) is 0 Å². The molecule has 0 heterocycles. The monoisotopic (exact) mass is 198 g/mol. The van der Waals surface area contributed by atoms with Crippen LogP contribution in [0.15, 0.2) is 0 Å². The van der Waals surface area contributed by atoms with E-state index in [1.165, 1.54) is 14.0 Å². The van der Waals surface area contributed by atoms with Gasteiger partial charge in [0.25, 0.3) is 0 Å². The Kier molecular flexibility index (Phi) is 74.6. The molecule has 5 nitrogen and oxygen atoms in total. The second-order valence-corrected chi connectivity index (χ2v) is 1.33. The fraction of sp³-hybridized carbons (Fsp3) is 0.875. The summed E-state index contributed by atoms with van der Waals surface area (Å²) in [5.74, 6) is -0.245. The number of aliphatic hydroxyl groups excluding tert-OH is 3. The van der Waals surface area contributed by atoms with Crippen molar-refractivity contribution in [2.45, 2.75) is 20.8 Å². The molecule has 0 aromatic carbocycles. The fourth-order valence-electron chi connectivity index (χ4n) is 0. The molecule has 5 heteroatoms. The first-order valence-electron chi connectivity index (χ1n) is 3.81. The zero-order valence-corrected chi connectivity index (χ0v) is 9.07. The number of carbonyl (C=O) groups is 1. The molecule has 0 unspecified atom stereocenters. The Labute approximate surface area is 80.0 Å². The van der Waals surface area contributed by atoms with E-state index in [1.807, 2.05) is 0 Å². The quantitative estimate of drug-likeness (QED) is 0.469. The summed E-state index contributed by atoms with van der Waals surface area (Å²) in [5, 5.41) is 22.1. The van der Waals surface area contributed by atoms with E-state index < -0.39 is 0 Å². The lowest BCUT2D eigenvalue weighted by Gasteiger charge is -1.80. The van der Waals surface area contributed by atoms with E-state index in [1.54, 1.807) is 13.8 Å². The topological polar surface area (TPSA) is 87.0 Å². The summed E-state index contributed by atoms with van der Waals surface area (Å²) in [6.45, 7) is 5.22. The van der Waals surface area contributed by atoms with Crippen LogP contribution in [-0.4, -0.2) is 48.7 Å². The Morgan fingerprint density at radius 2 is 1.23 bits per heavy atom. The number of hydrogen-bond donors (Lipinski definition) is 3. The SMILES string of the molecule is CCO.CCO.CO.COC(C)=O. The number of hydrogen-bond acceptors (Lipinski definition) is 5. The molecule has 0 aromatic heterocycles. The lowest BCUT2D eigenvalue weighted by atomic mass is 10.8. The molecule has 0 saturated carbocycles. The van der Waals surface area contributed by atoms with Gasteiger partial charge in [-0.3, -0.25) is 4.79 Å². The summed E-state index contributed by atoms with van der Waals surface area (Å²) < 4.78 is 4.11. The maximum absolute atomic E-state index is 9.59. The summed E-state index contributed by atoms with van der Waals surface area (Å²) in [5.41, 5.74) is 0. The van der Waals surface area contributed by atoms with E-state index in [4.69, 9.17) is 15.3 Å². The molecule has 0 amide bonds.